The van der Waals surface area contributed by atoms with Crippen molar-refractivity contribution in [1.29, 1.82) is 10.5 Å². The van der Waals surface area contributed by atoms with Gasteiger partial charge in [0.2, 0.25) is 23.4 Å². The minimum atomic E-state index is -0.975. The van der Waals surface area contributed by atoms with Gasteiger partial charge in [-0.2, -0.15) is 20.5 Å². The van der Waals surface area contributed by atoms with Gasteiger partial charge in [0.15, 0.2) is 0 Å². The van der Waals surface area contributed by atoms with Crippen LogP contribution >= 0.6 is 0 Å². The molecular formula is C42H42N12O5. The van der Waals surface area contributed by atoms with Crippen molar-refractivity contribution in [3.8, 4) is 34.9 Å². The molecule has 6 aromatic rings. The van der Waals surface area contributed by atoms with Crippen LogP contribution in [-0.2, 0) is 0 Å². The molecule has 1 amide bonds. The highest BCUT2D eigenvalue weighted by molar-refractivity contribution is 5.95. The summed E-state index contributed by atoms with van der Waals surface area (Å²) >= 11 is 0. The van der Waals surface area contributed by atoms with Crippen molar-refractivity contribution >= 4 is 23.5 Å². The van der Waals surface area contributed by atoms with Gasteiger partial charge in [-0.05, 0) is 62.4 Å². The van der Waals surface area contributed by atoms with Gasteiger partial charge in [0.05, 0.1) is 16.7 Å². The number of piperazine rings is 2. The van der Waals surface area contributed by atoms with Crippen molar-refractivity contribution in [2.24, 2.45) is 0 Å². The van der Waals surface area contributed by atoms with Crippen LogP contribution in [0.5, 0.6) is 0 Å². The molecule has 2 fully saturated rings. The number of hydrogen-bond donors (Lipinski definition) is 2. The number of aromatic nitrogens is 6. The number of nitriles is 2. The summed E-state index contributed by atoms with van der Waals surface area (Å²) in [5.41, 5.74) is 3.33. The average Bonchev–Trinajstić information content (AvgIpc) is 3.92. The number of carbonyl (C=O) groups is 2. The highest BCUT2D eigenvalue weighted by Gasteiger charge is 2.29. The molecule has 0 radical (unpaired) electrons. The second kappa shape index (κ2) is 19.1. The quantitative estimate of drug-likeness (QED) is 0.222. The standard InChI is InChI=1S/C21H20N6O2.C11H14N4.C10H8N2O3/c1-14-13-26(19-7-6-16(11-22)12-23-19)8-9-27(14)21(28)18-5-3-4-17(10-18)20-24-15(2)29-25-20;1-9-8-15(5-4-13-9)11-3-2-10(6-12)7-14-11;1-6-11-9(12-15-6)7-3-2-4-8(5-7)10(13)14/h3-7,10,12,14H,8-9,13H2,1-2H3;2-3,7,9,13H,4-5,8H2,1H3;2-5H,1H3,(H,13,14). The molecule has 2 aliphatic rings. The van der Waals surface area contributed by atoms with Gasteiger partial charge in [0.1, 0.15) is 23.8 Å². The normalized spacial score (nSPS) is 16.1. The number of aromatic carboxylic acids is 1. The van der Waals surface area contributed by atoms with E-state index in [4.69, 9.17) is 24.7 Å². The first-order valence-corrected chi connectivity index (χ1v) is 18.8. The molecule has 2 saturated heterocycles. The Hall–Kier alpha value is -7.50. The maximum Gasteiger partial charge on any atom is 0.335 e. The third-order valence-corrected chi connectivity index (χ3v) is 9.45. The summed E-state index contributed by atoms with van der Waals surface area (Å²) in [4.78, 5) is 47.0. The average molecular weight is 795 g/mol. The molecule has 59 heavy (non-hydrogen) atoms. The maximum atomic E-state index is 13.1. The van der Waals surface area contributed by atoms with Gasteiger partial charge in [0, 0.05) is 94.3 Å². The molecule has 17 heteroatoms. The van der Waals surface area contributed by atoms with Crippen molar-refractivity contribution in [2.75, 3.05) is 49.1 Å². The zero-order valence-electron chi connectivity index (χ0n) is 33.0. The molecular weight excluding hydrogens is 753 g/mol. The summed E-state index contributed by atoms with van der Waals surface area (Å²) in [7, 11) is 0. The molecule has 0 spiro atoms. The van der Waals surface area contributed by atoms with E-state index in [1.165, 1.54) is 12.1 Å². The van der Waals surface area contributed by atoms with Gasteiger partial charge in [-0.25, -0.2) is 14.8 Å². The van der Waals surface area contributed by atoms with Gasteiger partial charge in [-0.3, -0.25) is 4.79 Å². The summed E-state index contributed by atoms with van der Waals surface area (Å²) in [5.74, 6) is 2.59. The van der Waals surface area contributed by atoms with Crippen LogP contribution in [0.3, 0.4) is 0 Å². The molecule has 0 bridgehead atoms. The van der Waals surface area contributed by atoms with Crippen molar-refractivity contribution in [2.45, 2.75) is 39.8 Å². The number of amides is 1. The zero-order chi connectivity index (χ0) is 41.9. The summed E-state index contributed by atoms with van der Waals surface area (Å²) < 4.78 is 9.85. The van der Waals surface area contributed by atoms with Crippen molar-refractivity contribution < 1.29 is 23.7 Å². The van der Waals surface area contributed by atoms with E-state index in [-0.39, 0.29) is 17.5 Å². The number of nitrogens with zero attached hydrogens (tertiary/aromatic N) is 11. The maximum absolute atomic E-state index is 13.1. The first-order chi connectivity index (χ1) is 28.5. The fourth-order valence-corrected chi connectivity index (χ4v) is 6.47. The molecule has 0 aliphatic carbocycles. The Morgan fingerprint density at radius 1 is 0.746 bits per heavy atom. The Morgan fingerprint density at radius 3 is 1.75 bits per heavy atom. The minimum Gasteiger partial charge on any atom is -0.478 e. The largest absolute Gasteiger partial charge is 0.478 e. The summed E-state index contributed by atoms with van der Waals surface area (Å²) in [5, 5.41) is 37.4. The Balaban J connectivity index is 0.000000164. The molecule has 4 aromatic heterocycles. The van der Waals surface area contributed by atoms with Crippen molar-refractivity contribution in [3.63, 3.8) is 0 Å². The molecule has 300 valence electrons. The monoisotopic (exact) mass is 794 g/mol. The predicted octanol–water partition coefficient (Wildman–Crippen LogP) is 5.16. The number of benzene rings is 2. The topological polar surface area (TPSA) is 227 Å². The van der Waals surface area contributed by atoms with Gasteiger partial charge >= 0.3 is 5.97 Å². The molecule has 2 atom stereocenters. The number of rotatable bonds is 6. The van der Waals surface area contributed by atoms with E-state index in [1.54, 1.807) is 56.6 Å². The lowest BCUT2D eigenvalue weighted by Gasteiger charge is -2.40. The van der Waals surface area contributed by atoms with Crippen LogP contribution in [-0.4, -0.2) is 103 Å². The molecule has 6 heterocycles. The number of carboxylic acid groups (broad SMARTS) is 1. The van der Waals surface area contributed by atoms with E-state index >= 15 is 0 Å². The van der Waals surface area contributed by atoms with E-state index in [2.05, 4.69) is 64.4 Å². The van der Waals surface area contributed by atoms with Gasteiger partial charge in [-0.1, -0.05) is 34.6 Å². The van der Waals surface area contributed by atoms with Crippen molar-refractivity contribution in [3.05, 3.63) is 119 Å². The molecule has 2 unspecified atom stereocenters. The van der Waals surface area contributed by atoms with Crippen molar-refractivity contribution in [1.82, 2.24) is 40.5 Å². The van der Waals surface area contributed by atoms with Crippen LogP contribution in [0.1, 0.15) is 57.5 Å². The Kier molecular flexibility index (Phi) is 13.3. The molecule has 2 aromatic carbocycles. The van der Waals surface area contributed by atoms with E-state index in [0.717, 1.165) is 36.8 Å². The van der Waals surface area contributed by atoms with Crippen LogP contribution in [0.15, 0.2) is 94.2 Å². The number of carbonyl (C=O) groups excluding carboxylic acids is 1. The lowest BCUT2D eigenvalue weighted by molar-refractivity contribution is 0.0670. The van der Waals surface area contributed by atoms with E-state index in [0.29, 0.717) is 71.4 Å². The van der Waals surface area contributed by atoms with Gasteiger partial charge in [-0.15, -0.1) is 0 Å². The number of anilines is 2. The molecule has 2 N–H and O–H groups in total. The number of hydrogen-bond acceptors (Lipinski definition) is 15. The summed E-state index contributed by atoms with van der Waals surface area (Å²) in [6.45, 7) is 12.5. The SMILES string of the molecule is CC1CN(c2ccc(C#N)cn2)CCN1.Cc1nc(-c2cccc(C(=O)N3CCN(c4ccc(C#N)cn4)CC3C)c2)no1.Cc1nc(-c2cccc(C(=O)O)c2)no1. The fraction of sp³-hybridized carbons (Fsp3) is 0.286. The van der Waals surface area contributed by atoms with Gasteiger partial charge < -0.3 is 34.2 Å². The number of carboxylic acids is 1. The highest BCUT2D eigenvalue weighted by Crippen LogP contribution is 2.23. The third-order valence-electron chi connectivity index (χ3n) is 9.45. The van der Waals surface area contributed by atoms with E-state index in [1.807, 2.05) is 42.2 Å². The van der Waals surface area contributed by atoms with Crippen LogP contribution in [0, 0.1) is 36.5 Å². The van der Waals surface area contributed by atoms with Crippen LogP contribution in [0.25, 0.3) is 22.8 Å². The lowest BCUT2D eigenvalue weighted by Crippen LogP contribution is -2.54. The van der Waals surface area contributed by atoms with Crippen LogP contribution in [0.2, 0.25) is 0 Å². The lowest BCUT2D eigenvalue weighted by atomic mass is 10.1. The van der Waals surface area contributed by atoms with E-state index in [9.17, 15) is 9.59 Å². The first-order valence-electron chi connectivity index (χ1n) is 18.8. The smallest absolute Gasteiger partial charge is 0.335 e. The van der Waals surface area contributed by atoms with Crippen LogP contribution < -0.4 is 15.1 Å². The Morgan fingerprint density at radius 2 is 1.29 bits per heavy atom. The van der Waals surface area contributed by atoms with Gasteiger partial charge in [0.25, 0.3) is 5.91 Å². The fourth-order valence-electron chi connectivity index (χ4n) is 6.47. The molecule has 2 aliphatic heterocycles. The highest BCUT2D eigenvalue weighted by atomic mass is 16.5. The summed E-state index contributed by atoms with van der Waals surface area (Å²) in [6.07, 6.45) is 3.20. The molecule has 0 saturated carbocycles. The number of pyridine rings is 2. The predicted molar refractivity (Wildman–Crippen MR) is 216 cm³/mol. The first kappa shape index (κ1) is 41.1. The summed E-state index contributed by atoms with van der Waals surface area (Å²) in [6, 6.07) is 25.7. The van der Waals surface area contributed by atoms with Crippen LogP contribution in [0.4, 0.5) is 11.6 Å². The third kappa shape index (κ3) is 10.7. The Bertz CT molecular complexity index is 2450. The second-order valence-corrected chi connectivity index (χ2v) is 13.9. The molecule has 17 nitrogen and oxygen atoms in total. The zero-order valence-corrected chi connectivity index (χ0v) is 33.0. The minimum absolute atomic E-state index is 0.0183. The number of nitrogens with one attached hydrogen (secondary N) is 1. The Labute approximate surface area is 340 Å². The van der Waals surface area contributed by atoms with E-state index < -0.39 is 5.97 Å². The second-order valence-electron chi connectivity index (χ2n) is 13.9. The number of aryl methyl sites for hydroxylation is 2. The molecule has 8 rings (SSSR count).